The summed E-state index contributed by atoms with van der Waals surface area (Å²) in [5.41, 5.74) is 0. The van der Waals surface area contributed by atoms with E-state index in [0.29, 0.717) is 0 Å². The molecule has 0 spiro atoms. The van der Waals surface area contributed by atoms with Gasteiger partial charge in [0.1, 0.15) is 0 Å². The van der Waals surface area contributed by atoms with Crippen molar-refractivity contribution in [1.82, 2.24) is 0 Å². The summed E-state index contributed by atoms with van der Waals surface area (Å²) in [6.45, 7) is 0. The molecule has 0 aliphatic carbocycles. The Kier molecular flexibility index (Phi) is 5.55. The summed E-state index contributed by atoms with van der Waals surface area (Å²) in [5, 5.41) is 0. The van der Waals surface area contributed by atoms with Crippen molar-refractivity contribution < 1.29 is 4.48 Å². The van der Waals surface area contributed by atoms with Crippen LogP contribution in [-0.2, 0) is 0 Å². The van der Waals surface area contributed by atoms with Gasteiger partial charge in [-0.25, -0.2) is 0 Å². The maximum atomic E-state index is 2.12. The molecule has 6 heavy (non-hydrogen) atoms. The second kappa shape index (κ2) is 3.25. The van der Waals surface area contributed by atoms with Gasteiger partial charge in [0.2, 0.25) is 0 Å². The van der Waals surface area contributed by atoms with Gasteiger partial charge in [0.25, 0.3) is 0 Å². The molecule has 0 amide bonds. The topological polar surface area (TPSA) is 0 Å². The van der Waals surface area contributed by atoms with Gasteiger partial charge in [0.05, 0.1) is 28.2 Å². The van der Waals surface area contributed by atoms with Gasteiger partial charge in [-0.2, -0.15) is 0 Å². The zero-order chi connectivity index (χ0) is 4.50. The Labute approximate surface area is 69.9 Å². The summed E-state index contributed by atoms with van der Waals surface area (Å²) in [6.07, 6.45) is 0. The molecule has 0 fully saturated rings. The molecule has 2 heteroatoms. The molecule has 0 aromatic rings. The molecule has 0 aliphatic rings. The number of nitrogens with zero attached hydrogens (tertiary/aromatic N) is 1. The van der Waals surface area contributed by atoms with E-state index in [-0.39, 0.29) is 37.7 Å². The van der Waals surface area contributed by atoms with Crippen LogP contribution in [0.1, 0.15) is 0 Å². The maximum absolute atomic E-state index is 2.12. The fourth-order valence-corrected chi connectivity index (χ4v) is 0. The third kappa shape index (κ3) is 62.5. The van der Waals surface area contributed by atoms with Gasteiger partial charge in [-0.05, 0) is 0 Å². The van der Waals surface area contributed by atoms with Crippen LogP contribution in [0.5, 0.6) is 0 Å². The van der Waals surface area contributed by atoms with Gasteiger partial charge in [0.15, 0.2) is 0 Å². The standard InChI is InChI=1S/C4H12N.Ca/c1-5(2,3)4;/h1-4H3;/q+1;+2. The molecule has 1 nitrogen and oxygen atoms in total. The molecule has 0 radical (unpaired) electrons. The van der Waals surface area contributed by atoms with E-state index in [1.165, 1.54) is 0 Å². The first-order chi connectivity index (χ1) is 2.00. The minimum Gasteiger partial charge on any atom is -0.333 e. The predicted octanol–water partition coefficient (Wildman–Crippen LogP) is -0.0584. The minimum absolute atomic E-state index is 0. The summed E-state index contributed by atoms with van der Waals surface area (Å²) in [7, 11) is 8.50. The quantitative estimate of drug-likeness (QED) is 0.306. The first kappa shape index (κ1) is 10.3. The van der Waals surface area contributed by atoms with Crippen LogP contribution in [-0.4, -0.2) is 70.4 Å². The Hall–Kier alpha value is 1.22. The average Bonchev–Trinajstić information content (AvgIpc) is 0.722. The Balaban J connectivity index is 0. The molecule has 0 saturated carbocycles. The predicted molar refractivity (Wildman–Crippen MR) is 29.7 cm³/mol. The molecule has 0 rings (SSSR count). The number of rotatable bonds is 0. The van der Waals surface area contributed by atoms with Crippen molar-refractivity contribution >= 4 is 37.7 Å². The van der Waals surface area contributed by atoms with E-state index >= 15 is 0 Å². The van der Waals surface area contributed by atoms with E-state index in [9.17, 15) is 0 Å². The number of quaternary nitrogens is 1. The monoisotopic (exact) mass is 114 g/mol. The van der Waals surface area contributed by atoms with Gasteiger partial charge in [-0.1, -0.05) is 0 Å². The number of hydrogen-bond donors (Lipinski definition) is 0. The SMILES string of the molecule is C[N+](C)(C)C.[Ca+2]. The summed E-state index contributed by atoms with van der Waals surface area (Å²) >= 11 is 0. The van der Waals surface area contributed by atoms with Crippen LogP contribution in [0.25, 0.3) is 0 Å². The van der Waals surface area contributed by atoms with Gasteiger partial charge >= 0.3 is 37.7 Å². The van der Waals surface area contributed by atoms with E-state index in [1.54, 1.807) is 0 Å². The first-order valence-electron chi connectivity index (χ1n) is 1.79. The van der Waals surface area contributed by atoms with E-state index in [1.807, 2.05) is 0 Å². The van der Waals surface area contributed by atoms with Crippen molar-refractivity contribution in [3.8, 4) is 0 Å². The smallest absolute Gasteiger partial charge is 0.333 e. The Bertz CT molecular complexity index is 23.0. The van der Waals surface area contributed by atoms with Crippen LogP contribution >= 0.6 is 0 Å². The molecule has 0 bridgehead atoms. The fraction of sp³-hybridized carbons (Fsp3) is 1.00. The molecule has 0 unspecified atom stereocenters. The van der Waals surface area contributed by atoms with Crippen LogP contribution < -0.4 is 0 Å². The average molecular weight is 114 g/mol. The fourth-order valence-electron chi connectivity index (χ4n) is 0. The van der Waals surface area contributed by atoms with Gasteiger partial charge < -0.3 is 4.48 Å². The van der Waals surface area contributed by atoms with Crippen LogP contribution in [0.2, 0.25) is 0 Å². The second-order valence-corrected chi connectivity index (χ2v) is 2.68. The summed E-state index contributed by atoms with van der Waals surface area (Å²) in [5.74, 6) is 0. The van der Waals surface area contributed by atoms with Crippen LogP contribution in [0.3, 0.4) is 0 Å². The summed E-state index contributed by atoms with van der Waals surface area (Å²) < 4.78 is 1.00. The van der Waals surface area contributed by atoms with Crippen LogP contribution in [0.4, 0.5) is 0 Å². The third-order valence-corrected chi connectivity index (χ3v) is 0. The Morgan fingerprint density at radius 1 is 0.833 bits per heavy atom. The van der Waals surface area contributed by atoms with Crippen molar-refractivity contribution in [3.63, 3.8) is 0 Å². The van der Waals surface area contributed by atoms with Crippen molar-refractivity contribution in [1.29, 1.82) is 0 Å². The molecule has 0 N–H and O–H groups in total. The van der Waals surface area contributed by atoms with Gasteiger partial charge in [-0.15, -0.1) is 0 Å². The van der Waals surface area contributed by atoms with Gasteiger partial charge in [0, 0.05) is 0 Å². The van der Waals surface area contributed by atoms with E-state index < -0.39 is 0 Å². The van der Waals surface area contributed by atoms with Crippen LogP contribution in [0, 0.1) is 0 Å². The van der Waals surface area contributed by atoms with E-state index in [0.717, 1.165) is 4.48 Å². The Morgan fingerprint density at radius 3 is 0.833 bits per heavy atom. The molecule has 32 valence electrons. The zero-order valence-corrected chi connectivity index (χ0v) is 7.36. The first-order valence-corrected chi connectivity index (χ1v) is 1.79. The van der Waals surface area contributed by atoms with Crippen molar-refractivity contribution in [2.75, 3.05) is 28.2 Å². The molecule has 0 heterocycles. The summed E-state index contributed by atoms with van der Waals surface area (Å²) in [4.78, 5) is 0. The van der Waals surface area contributed by atoms with Gasteiger partial charge in [-0.3, -0.25) is 0 Å². The van der Waals surface area contributed by atoms with E-state index in [4.69, 9.17) is 0 Å². The summed E-state index contributed by atoms with van der Waals surface area (Å²) in [6, 6.07) is 0. The van der Waals surface area contributed by atoms with Crippen LogP contribution in [0.15, 0.2) is 0 Å². The third-order valence-electron chi connectivity index (χ3n) is 0. The van der Waals surface area contributed by atoms with Crippen molar-refractivity contribution in [2.45, 2.75) is 0 Å². The zero-order valence-electron chi connectivity index (χ0n) is 5.15. The van der Waals surface area contributed by atoms with Crippen molar-refractivity contribution in [2.24, 2.45) is 0 Å². The normalized spacial score (nSPS) is 10.0. The number of hydrogen-bond acceptors (Lipinski definition) is 0. The molecule has 0 aromatic heterocycles. The Morgan fingerprint density at radius 2 is 0.833 bits per heavy atom. The minimum atomic E-state index is 0. The molecule has 0 aliphatic heterocycles. The second-order valence-electron chi connectivity index (χ2n) is 2.68. The van der Waals surface area contributed by atoms with Crippen molar-refractivity contribution in [3.05, 3.63) is 0 Å². The molecule has 0 saturated heterocycles. The maximum Gasteiger partial charge on any atom is 2.00 e. The molecular weight excluding hydrogens is 102 g/mol. The van der Waals surface area contributed by atoms with E-state index in [2.05, 4.69) is 28.2 Å². The molecule has 0 atom stereocenters. The largest absolute Gasteiger partial charge is 2.00 e. The molecule has 0 aromatic carbocycles. The molecular formula is C4H12CaN+3.